The zero-order valence-electron chi connectivity index (χ0n) is 8.88. The molecular formula is C10H10F3NO3. The first-order valence-electron chi connectivity index (χ1n) is 4.51. The normalized spacial score (nSPS) is 11.1. The van der Waals surface area contributed by atoms with E-state index in [1.165, 1.54) is 25.3 Å². The molecule has 0 heterocycles. The van der Waals surface area contributed by atoms with Gasteiger partial charge in [-0.15, -0.1) is 0 Å². The van der Waals surface area contributed by atoms with Gasteiger partial charge < -0.3 is 15.2 Å². The monoisotopic (exact) mass is 249 g/mol. The molecule has 1 aromatic carbocycles. The maximum atomic E-state index is 11.9. The van der Waals surface area contributed by atoms with E-state index < -0.39 is 18.8 Å². The molecule has 2 N–H and O–H groups in total. The van der Waals surface area contributed by atoms with Crippen LogP contribution in [0.25, 0.3) is 0 Å². The maximum absolute atomic E-state index is 11.9. The minimum absolute atomic E-state index is 0.00322. The number of hydrogen-bond acceptors (Lipinski definition) is 4. The Labute approximate surface area is 95.1 Å². The van der Waals surface area contributed by atoms with Crippen molar-refractivity contribution in [3.63, 3.8) is 0 Å². The van der Waals surface area contributed by atoms with E-state index in [9.17, 15) is 18.0 Å². The van der Waals surface area contributed by atoms with Crippen LogP contribution in [-0.2, 0) is 4.74 Å². The molecule has 0 radical (unpaired) electrons. The van der Waals surface area contributed by atoms with Gasteiger partial charge in [-0.3, -0.25) is 0 Å². The fourth-order valence-electron chi connectivity index (χ4n) is 1.16. The summed E-state index contributed by atoms with van der Waals surface area (Å²) in [5.41, 5.74) is 5.26. The highest BCUT2D eigenvalue weighted by Crippen LogP contribution is 2.25. The van der Waals surface area contributed by atoms with E-state index in [-0.39, 0.29) is 17.0 Å². The molecule has 1 rings (SSSR count). The zero-order valence-corrected chi connectivity index (χ0v) is 8.88. The van der Waals surface area contributed by atoms with E-state index in [0.717, 1.165) is 0 Å². The Morgan fingerprint density at radius 2 is 2.06 bits per heavy atom. The Morgan fingerprint density at radius 3 is 2.59 bits per heavy atom. The van der Waals surface area contributed by atoms with Crippen molar-refractivity contribution in [2.45, 2.75) is 6.18 Å². The zero-order chi connectivity index (χ0) is 13.1. The van der Waals surface area contributed by atoms with Crippen molar-refractivity contribution < 1.29 is 27.4 Å². The molecule has 0 unspecified atom stereocenters. The van der Waals surface area contributed by atoms with Gasteiger partial charge in [0.05, 0.1) is 7.11 Å². The molecule has 17 heavy (non-hydrogen) atoms. The van der Waals surface area contributed by atoms with Crippen LogP contribution < -0.4 is 10.5 Å². The molecule has 94 valence electrons. The van der Waals surface area contributed by atoms with E-state index in [2.05, 4.69) is 4.74 Å². The number of carbonyl (C=O) groups excluding carboxylic acids is 1. The number of anilines is 1. The Hall–Kier alpha value is -1.92. The van der Waals surface area contributed by atoms with E-state index in [0.29, 0.717) is 0 Å². The van der Waals surface area contributed by atoms with Gasteiger partial charge in [0.1, 0.15) is 11.3 Å². The summed E-state index contributed by atoms with van der Waals surface area (Å²) in [5.74, 6) is -1.10. The SMILES string of the molecule is COc1cccc(N)c1C(=O)OCC(F)(F)F. The third-order valence-corrected chi connectivity index (χ3v) is 1.85. The lowest BCUT2D eigenvalue weighted by molar-refractivity contribution is -0.161. The molecule has 0 saturated heterocycles. The van der Waals surface area contributed by atoms with Crippen LogP contribution in [0.5, 0.6) is 5.75 Å². The number of rotatable bonds is 3. The number of hydrogen-bond donors (Lipinski definition) is 1. The molecule has 0 saturated carbocycles. The van der Waals surface area contributed by atoms with Gasteiger partial charge in [0.15, 0.2) is 6.61 Å². The number of nitrogens with two attached hydrogens (primary N) is 1. The van der Waals surface area contributed by atoms with Crippen LogP contribution in [0.4, 0.5) is 18.9 Å². The fourth-order valence-corrected chi connectivity index (χ4v) is 1.16. The first kappa shape index (κ1) is 13.1. The van der Waals surface area contributed by atoms with Crippen molar-refractivity contribution in [2.75, 3.05) is 19.5 Å². The highest BCUT2D eigenvalue weighted by Gasteiger charge is 2.30. The second-order valence-electron chi connectivity index (χ2n) is 3.12. The second-order valence-corrected chi connectivity index (χ2v) is 3.12. The van der Waals surface area contributed by atoms with Gasteiger partial charge in [-0.25, -0.2) is 4.79 Å². The summed E-state index contributed by atoms with van der Waals surface area (Å²) in [6, 6.07) is 4.28. The number of esters is 1. The van der Waals surface area contributed by atoms with Crippen molar-refractivity contribution in [3.05, 3.63) is 23.8 Å². The molecule has 0 spiro atoms. The Bertz CT molecular complexity index is 418. The van der Waals surface area contributed by atoms with Crippen LogP contribution in [0.15, 0.2) is 18.2 Å². The number of nitrogen functional groups attached to an aromatic ring is 1. The number of benzene rings is 1. The van der Waals surface area contributed by atoms with Gasteiger partial charge in [0.25, 0.3) is 0 Å². The summed E-state index contributed by atoms with van der Waals surface area (Å²) in [6.07, 6.45) is -4.58. The molecule has 0 amide bonds. The quantitative estimate of drug-likeness (QED) is 0.657. The number of alkyl halides is 3. The number of halogens is 3. The van der Waals surface area contributed by atoms with E-state index in [4.69, 9.17) is 10.5 Å². The van der Waals surface area contributed by atoms with Crippen molar-refractivity contribution in [3.8, 4) is 5.75 Å². The van der Waals surface area contributed by atoms with Crippen LogP contribution in [0, 0.1) is 0 Å². The number of ether oxygens (including phenoxy) is 2. The van der Waals surface area contributed by atoms with E-state index >= 15 is 0 Å². The summed E-state index contributed by atoms with van der Waals surface area (Å²) in [6.45, 7) is -1.66. The third-order valence-electron chi connectivity index (χ3n) is 1.85. The summed E-state index contributed by atoms with van der Waals surface area (Å²) in [7, 11) is 1.27. The molecule has 7 heteroatoms. The van der Waals surface area contributed by atoms with Crippen LogP contribution >= 0.6 is 0 Å². The van der Waals surface area contributed by atoms with Gasteiger partial charge in [0, 0.05) is 5.69 Å². The molecule has 0 atom stereocenters. The predicted octanol–water partition coefficient (Wildman–Crippen LogP) is 2.00. The fraction of sp³-hybridized carbons (Fsp3) is 0.300. The van der Waals surface area contributed by atoms with Crippen molar-refractivity contribution >= 4 is 11.7 Å². The average Bonchev–Trinajstić information content (AvgIpc) is 2.24. The summed E-state index contributed by atoms with van der Waals surface area (Å²) in [5, 5.41) is 0. The number of carbonyl (C=O) groups is 1. The Morgan fingerprint density at radius 1 is 1.41 bits per heavy atom. The van der Waals surface area contributed by atoms with E-state index in [1.807, 2.05) is 0 Å². The van der Waals surface area contributed by atoms with Gasteiger partial charge in [-0.2, -0.15) is 13.2 Å². The van der Waals surface area contributed by atoms with Crippen LogP contribution in [0.3, 0.4) is 0 Å². The van der Waals surface area contributed by atoms with Gasteiger partial charge in [-0.1, -0.05) is 6.07 Å². The highest BCUT2D eigenvalue weighted by atomic mass is 19.4. The molecule has 0 aliphatic heterocycles. The largest absolute Gasteiger partial charge is 0.496 e. The molecule has 0 aliphatic rings. The summed E-state index contributed by atoms with van der Waals surface area (Å²) >= 11 is 0. The lowest BCUT2D eigenvalue weighted by Gasteiger charge is -2.11. The summed E-state index contributed by atoms with van der Waals surface area (Å²) in [4.78, 5) is 11.4. The molecule has 0 fully saturated rings. The first-order chi connectivity index (χ1) is 7.85. The standard InChI is InChI=1S/C10H10F3NO3/c1-16-7-4-2-3-6(14)8(7)9(15)17-5-10(11,12)13/h2-4H,5,14H2,1H3. The second kappa shape index (κ2) is 4.94. The molecule has 4 nitrogen and oxygen atoms in total. The van der Waals surface area contributed by atoms with Crippen molar-refractivity contribution in [1.82, 2.24) is 0 Å². The Kier molecular flexibility index (Phi) is 3.82. The molecule has 1 aromatic rings. The minimum atomic E-state index is -4.58. The van der Waals surface area contributed by atoms with Crippen molar-refractivity contribution in [2.24, 2.45) is 0 Å². The molecule has 0 bridgehead atoms. The highest BCUT2D eigenvalue weighted by molar-refractivity contribution is 5.98. The molecule has 0 aromatic heterocycles. The lowest BCUT2D eigenvalue weighted by atomic mass is 10.1. The van der Waals surface area contributed by atoms with E-state index in [1.54, 1.807) is 0 Å². The minimum Gasteiger partial charge on any atom is -0.496 e. The van der Waals surface area contributed by atoms with Crippen LogP contribution in [-0.4, -0.2) is 25.9 Å². The lowest BCUT2D eigenvalue weighted by Crippen LogP contribution is -2.21. The van der Waals surface area contributed by atoms with Crippen LogP contribution in [0.1, 0.15) is 10.4 Å². The number of methoxy groups -OCH3 is 1. The third kappa shape index (κ3) is 3.54. The predicted molar refractivity (Wildman–Crippen MR) is 53.7 cm³/mol. The van der Waals surface area contributed by atoms with Gasteiger partial charge >= 0.3 is 12.1 Å². The van der Waals surface area contributed by atoms with Gasteiger partial charge in [0.2, 0.25) is 0 Å². The topological polar surface area (TPSA) is 61.5 Å². The van der Waals surface area contributed by atoms with Crippen molar-refractivity contribution in [1.29, 1.82) is 0 Å². The Balaban J connectivity index is 2.89. The maximum Gasteiger partial charge on any atom is 0.422 e. The molecule has 0 aliphatic carbocycles. The first-order valence-corrected chi connectivity index (χ1v) is 4.51. The van der Waals surface area contributed by atoms with Gasteiger partial charge in [-0.05, 0) is 12.1 Å². The van der Waals surface area contributed by atoms with Crippen LogP contribution in [0.2, 0.25) is 0 Å². The smallest absolute Gasteiger partial charge is 0.422 e. The molecular weight excluding hydrogens is 239 g/mol. The average molecular weight is 249 g/mol. The summed E-state index contributed by atoms with van der Waals surface area (Å²) < 4.78 is 44.5.